The molecule has 2 fully saturated rings. The topological polar surface area (TPSA) is 0 Å². The fourth-order valence-electron chi connectivity index (χ4n) is 3.05. The molecule has 0 aromatic heterocycles. The Morgan fingerprint density at radius 3 is 2.44 bits per heavy atom. The van der Waals surface area contributed by atoms with E-state index in [1.54, 1.807) is 5.57 Å². The highest BCUT2D eigenvalue weighted by molar-refractivity contribution is 5.61. The molecule has 3 rings (SSSR count). The predicted octanol–water partition coefficient (Wildman–Crippen LogP) is 4.30. The molecule has 2 aliphatic rings. The van der Waals surface area contributed by atoms with Crippen LogP contribution in [-0.2, 0) is 0 Å². The minimum atomic E-state index is 0.212. The van der Waals surface area contributed by atoms with Gasteiger partial charge in [-0.05, 0) is 23.8 Å². The quantitative estimate of drug-likeness (QED) is 0.606. The third kappa shape index (κ3) is 1.29. The Hall–Kier alpha value is -1.30. The summed E-state index contributed by atoms with van der Waals surface area (Å²) < 4.78 is 0. The van der Waals surface area contributed by atoms with Gasteiger partial charge in [-0.1, -0.05) is 68.0 Å². The van der Waals surface area contributed by atoms with E-state index in [1.807, 2.05) is 0 Å². The molecule has 0 saturated heterocycles. The van der Waals surface area contributed by atoms with Crippen LogP contribution in [0.3, 0.4) is 0 Å². The molecule has 0 heterocycles. The number of allylic oxidation sites excluding steroid dienone is 2. The molecule has 0 N–H and O–H groups in total. The van der Waals surface area contributed by atoms with E-state index >= 15 is 0 Å². The Kier molecular flexibility index (Phi) is 1.92. The monoisotopic (exact) mass is 210 g/mol. The van der Waals surface area contributed by atoms with Gasteiger partial charge in [0, 0.05) is 5.41 Å². The van der Waals surface area contributed by atoms with E-state index in [2.05, 4.69) is 56.8 Å². The smallest absolute Gasteiger partial charge is 0.00706 e. The van der Waals surface area contributed by atoms with Crippen molar-refractivity contribution in [3.05, 3.63) is 53.6 Å². The maximum Gasteiger partial charge on any atom is 0.00706 e. The Morgan fingerprint density at radius 1 is 1.19 bits per heavy atom. The number of hydrogen-bond acceptors (Lipinski definition) is 0. The molecular formula is C16H18. The lowest BCUT2D eigenvalue weighted by Gasteiger charge is -2.25. The third-order valence-electron chi connectivity index (χ3n) is 4.28. The SMILES string of the molecule is C=C1[C@H]2C[C@H]2/C(=C\c2ccccc2)C1(C)C. The van der Waals surface area contributed by atoms with Crippen LogP contribution in [0.5, 0.6) is 0 Å². The van der Waals surface area contributed by atoms with E-state index in [0.29, 0.717) is 0 Å². The maximum atomic E-state index is 4.28. The van der Waals surface area contributed by atoms with Crippen molar-refractivity contribution >= 4 is 6.08 Å². The zero-order valence-electron chi connectivity index (χ0n) is 10.0. The van der Waals surface area contributed by atoms with E-state index in [4.69, 9.17) is 0 Å². The van der Waals surface area contributed by atoms with Crippen molar-refractivity contribution in [3.8, 4) is 0 Å². The third-order valence-corrected chi connectivity index (χ3v) is 4.28. The van der Waals surface area contributed by atoms with Crippen LogP contribution in [-0.4, -0.2) is 0 Å². The molecule has 0 radical (unpaired) electrons. The zero-order chi connectivity index (χ0) is 11.3. The summed E-state index contributed by atoms with van der Waals surface area (Å²) in [4.78, 5) is 0. The number of hydrogen-bond donors (Lipinski definition) is 0. The van der Waals surface area contributed by atoms with Crippen LogP contribution in [0.15, 0.2) is 48.1 Å². The molecule has 0 heteroatoms. The first-order valence-corrected chi connectivity index (χ1v) is 6.07. The van der Waals surface area contributed by atoms with E-state index in [9.17, 15) is 0 Å². The number of benzene rings is 1. The minimum absolute atomic E-state index is 0.212. The first-order chi connectivity index (χ1) is 7.60. The molecule has 2 atom stereocenters. The standard InChI is InChI=1S/C16H18/c1-11-13-10-14(13)15(16(11,2)3)9-12-7-5-4-6-8-12/h4-9,13-14H,1,10H2,2-3H3/b15-9+/t13-,14-/m1/s1. The molecule has 0 spiro atoms. The zero-order valence-corrected chi connectivity index (χ0v) is 10.0. The van der Waals surface area contributed by atoms with Crippen molar-refractivity contribution in [1.29, 1.82) is 0 Å². The van der Waals surface area contributed by atoms with Crippen molar-refractivity contribution in [2.24, 2.45) is 17.3 Å². The van der Waals surface area contributed by atoms with Crippen molar-refractivity contribution < 1.29 is 0 Å². The first kappa shape index (κ1) is 9.89. The first-order valence-electron chi connectivity index (χ1n) is 6.07. The van der Waals surface area contributed by atoms with Gasteiger partial charge in [0.05, 0.1) is 0 Å². The van der Waals surface area contributed by atoms with Crippen LogP contribution < -0.4 is 0 Å². The van der Waals surface area contributed by atoms with Crippen LogP contribution in [0.25, 0.3) is 6.08 Å². The van der Waals surface area contributed by atoms with Gasteiger partial charge < -0.3 is 0 Å². The number of rotatable bonds is 1. The molecular weight excluding hydrogens is 192 g/mol. The van der Waals surface area contributed by atoms with Gasteiger partial charge in [-0.25, -0.2) is 0 Å². The van der Waals surface area contributed by atoms with Crippen LogP contribution in [0.1, 0.15) is 25.8 Å². The van der Waals surface area contributed by atoms with Gasteiger partial charge in [0.15, 0.2) is 0 Å². The molecule has 1 aromatic rings. The predicted molar refractivity (Wildman–Crippen MR) is 68.9 cm³/mol. The van der Waals surface area contributed by atoms with E-state index < -0.39 is 0 Å². The van der Waals surface area contributed by atoms with Gasteiger partial charge in [0.25, 0.3) is 0 Å². The summed E-state index contributed by atoms with van der Waals surface area (Å²) in [5.41, 5.74) is 4.57. The maximum absolute atomic E-state index is 4.28. The Labute approximate surface area is 97.7 Å². The molecule has 0 amide bonds. The van der Waals surface area contributed by atoms with Gasteiger partial charge >= 0.3 is 0 Å². The van der Waals surface area contributed by atoms with Crippen LogP contribution >= 0.6 is 0 Å². The summed E-state index contributed by atoms with van der Waals surface area (Å²) in [6, 6.07) is 10.6. The van der Waals surface area contributed by atoms with E-state index in [0.717, 1.165) is 11.8 Å². The van der Waals surface area contributed by atoms with Gasteiger partial charge in [-0.15, -0.1) is 0 Å². The summed E-state index contributed by atoms with van der Waals surface area (Å²) in [6.07, 6.45) is 3.71. The highest BCUT2D eigenvalue weighted by Crippen LogP contribution is 2.65. The van der Waals surface area contributed by atoms with E-state index in [-0.39, 0.29) is 5.41 Å². The average molecular weight is 210 g/mol. The molecule has 0 bridgehead atoms. The second-order valence-electron chi connectivity index (χ2n) is 5.61. The molecule has 0 unspecified atom stereocenters. The molecule has 0 nitrogen and oxygen atoms in total. The normalized spacial score (nSPS) is 32.9. The molecule has 0 aliphatic heterocycles. The summed E-state index contributed by atoms with van der Waals surface area (Å²) in [7, 11) is 0. The summed E-state index contributed by atoms with van der Waals surface area (Å²) in [5.74, 6) is 1.58. The highest BCUT2D eigenvalue weighted by atomic mass is 14.6. The van der Waals surface area contributed by atoms with Crippen molar-refractivity contribution in [2.45, 2.75) is 20.3 Å². The van der Waals surface area contributed by atoms with Crippen LogP contribution in [0.2, 0.25) is 0 Å². The Balaban J connectivity index is 2.02. The largest absolute Gasteiger partial charge is 0.0987 e. The highest BCUT2D eigenvalue weighted by Gasteiger charge is 2.55. The van der Waals surface area contributed by atoms with Gasteiger partial charge in [0.1, 0.15) is 0 Å². The van der Waals surface area contributed by atoms with Gasteiger partial charge in [0.2, 0.25) is 0 Å². The molecule has 2 saturated carbocycles. The number of fused-ring (bicyclic) bond motifs is 1. The molecule has 16 heavy (non-hydrogen) atoms. The molecule has 2 aliphatic carbocycles. The second-order valence-corrected chi connectivity index (χ2v) is 5.61. The van der Waals surface area contributed by atoms with Crippen LogP contribution in [0, 0.1) is 17.3 Å². The fourth-order valence-corrected chi connectivity index (χ4v) is 3.05. The lowest BCUT2D eigenvalue weighted by molar-refractivity contribution is 0.540. The molecule has 1 aromatic carbocycles. The van der Waals surface area contributed by atoms with Gasteiger partial charge in [-0.3, -0.25) is 0 Å². The minimum Gasteiger partial charge on any atom is -0.0987 e. The molecule has 82 valence electrons. The van der Waals surface area contributed by atoms with Crippen LogP contribution in [0.4, 0.5) is 0 Å². The lowest BCUT2D eigenvalue weighted by atomic mass is 9.79. The second kappa shape index (κ2) is 3.10. The summed E-state index contributed by atoms with van der Waals surface area (Å²) >= 11 is 0. The van der Waals surface area contributed by atoms with Crippen molar-refractivity contribution in [1.82, 2.24) is 0 Å². The summed E-state index contributed by atoms with van der Waals surface area (Å²) in [6.45, 7) is 8.91. The summed E-state index contributed by atoms with van der Waals surface area (Å²) in [5, 5.41) is 0. The average Bonchev–Trinajstić information content (AvgIpc) is 3.01. The Bertz CT molecular complexity index is 462. The lowest BCUT2D eigenvalue weighted by Crippen LogP contribution is -2.13. The Morgan fingerprint density at radius 2 is 1.88 bits per heavy atom. The fraction of sp³-hybridized carbons (Fsp3) is 0.375. The van der Waals surface area contributed by atoms with E-state index in [1.165, 1.54) is 17.6 Å². The van der Waals surface area contributed by atoms with Crippen molar-refractivity contribution in [2.75, 3.05) is 0 Å². The van der Waals surface area contributed by atoms with Crippen molar-refractivity contribution in [3.63, 3.8) is 0 Å². The van der Waals surface area contributed by atoms with Gasteiger partial charge in [-0.2, -0.15) is 0 Å².